The van der Waals surface area contributed by atoms with Crippen LogP contribution in [-0.4, -0.2) is 26.3 Å². The summed E-state index contributed by atoms with van der Waals surface area (Å²) in [6.07, 6.45) is 2.31. The number of hydrogen-bond acceptors (Lipinski definition) is 2. The molecule has 17 heavy (non-hydrogen) atoms. The molecule has 2 rings (SSSR count). The Balaban J connectivity index is 2.27. The van der Waals surface area contributed by atoms with Gasteiger partial charge in [-0.2, -0.15) is 0 Å². The molecule has 0 aliphatic heterocycles. The van der Waals surface area contributed by atoms with Crippen molar-refractivity contribution in [3.05, 3.63) is 29.6 Å². The molecule has 1 aliphatic rings. The topological polar surface area (TPSA) is 12.5 Å². The highest BCUT2D eigenvalue weighted by Gasteiger charge is 2.31. The summed E-state index contributed by atoms with van der Waals surface area (Å²) in [4.78, 5) is 2.15. The van der Waals surface area contributed by atoms with E-state index in [4.69, 9.17) is 4.74 Å². The predicted octanol–water partition coefficient (Wildman–Crippen LogP) is 3.34. The average Bonchev–Trinajstić information content (AvgIpc) is 3.15. The fourth-order valence-electron chi connectivity index (χ4n) is 2.04. The smallest absolute Gasteiger partial charge is 0.146 e. The maximum atomic E-state index is 14.0. The van der Waals surface area contributed by atoms with E-state index in [1.807, 2.05) is 6.07 Å². The first-order chi connectivity index (χ1) is 8.27. The molecule has 0 unspecified atom stereocenters. The third-order valence-corrected chi connectivity index (χ3v) is 3.63. The van der Waals surface area contributed by atoms with Gasteiger partial charge < -0.3 is 9.64 Å². The minimum Gasteiger partial charge on any atom is -0.383 e. The number of hydrogen-bond donors (Lipinski definition) is 0. The Kier molecular flexibility index (Phi) is 4.40. The highest BCUT2D eigenvalue weighted by Crippen LogP contribution is 2.35. The summed E-state index contributed by atoms with van der Waals surface area (Å²) < 4.78 is 19.1. The molecule has 1 saturated carbocycles. The number of nitrogens with zero attached hydrogens (tertiary/aromatic N) is 1. The maximum absolute atomic E-state index is 14.0. The van der Waals surface area contributed by atoms with Crippen molar-refractivity contribution in [1.82, 2.24) is 0 Å². The van der Waals surface area contributed by atoms with Gasteiger partial charge in [0.05, 0.1) is 12.3 Å². The fraction of sp³-hybridized carbons (Fsp3) is 0.538. The number of para-hydroxylation sites is 1. The van der Waals surface area contributed by atoms with Crippen molar-refractivity contribution in [3.8, 4) is 0 Å². The molecule has 1 aliphatic carbocycles. The van der Waals surface area contributed by atoms with Gasteiger partial charge in [0.1, 0.15) is 5.82 Å². The monoisotopic (exact) mass is 301 g/mol. The van der Waals surface area contributed by atoms with Gasteiger partial charge in [0.2, 0.25) is 0 Å². The average molecular weight is 302 g/mol. The highest BCUT2D eigenvalue weighted by molar-refractivity contribution is 9.08. The van der Waals surface area contributed by atoms with Crippen molar-refractivity contribution in [2.75, 3.05) is 25.2 Å². The second-order valence-electron chi connectivity index (χ2n) is 4.30. The standard InChI is InChI=1S/C13H17BrFNO/c1-17-8-7-16(11-5-6-11)13-10(9-14)3-2-4-12(13)15/h2-4,11H,5-9H2,1H3. The molecule has 1 aromatic rings. The molecular formula is C13H17BrFNO. The van der Waals surface area contributed by atoms with E-state index in [-0.39, 0.29) is 5.82 Å². The summed E-state index contributed by atoms with van der Waals surface area (Å²) in [7, 11) is 1.68. The van der Waals surface area contributed by atoms with Crippen molar-refractivity contribution in [2.24, 2.45) is 0 Å². The lowest BCUT2D eigenvalue weighted by molar-refractivity contribution is 0.204. The summed E-state index contributed by atoms with van der Waals surface area (Å²) >= 11 is 3.42. The van der Waals surface area contributed by atoms with E-state index in [0.29, 0.717) is 18.0 Å². The SMILES string of the molecule is COCCN(c1c(F)cccc1CBr)C1CC1. The second kappa shape index (κ2) is 5.83. The summed E-state index contributed by atoms with van der Waals surface area (Å²) in [5, 5.41) is 0.677. The molecule has 0 heterocycles. The van der Waals surface area contributed by atoms with Gasteiger partial charge in [0.15, 0.2) is 0 Å². The Hall–Kier alpha value is -0.610. The molecule has 1 fully saturated rings. The molecule has 2 nitrogen and oxygen atoms in total. The van der Waals surface area contributed by atoms with Gasteiger partial charge in [0, 0.05) is 25.0 Å². The summed E-state index contributed by atoms with van der Waals surface area (Å²) in [5.41, 5.74) is 1.75. The van der Waals surface area contributed by atoms with Crippen LogP contribution in [0.1, 0.15) is 18.4 Å². The molecular weight excluding hydrogens is 285 g/mol. The third kappa shape index (κ3) is 2.99. The van der Waals surface area contributed by atoms with Gasteiger partial charge >= 0.3 is 0 Å². The molecule has 0 atom stereocenters. The van der Waals surface area contributed by atoms with E-state index in [1.165, 1.54) is 6.07 Å². The molecule has 0 aromatic heterocycles. The summed E-state index contributed by atoms with van der Waals surface area (Å²) in [6, 6.07) is 5.75. The van der Waals surface area contributed by atoms with E-state index >= 15 is 0 Å². The van der Waals surface area contributed by atoms with Crippen LogP contribution >= 0.6 is 15.9 Å². The van der Waals surface area contributed by atoms with E-state index in [1.54, 1.807) is 13.2 Å². The van der Waals surface area contributed by atoms with Crippen LogP contribution in [0.3, 0.4) is 0 Å². The van der Waals surface area contributed by atoms with Gasteiger partial charge in [-0.05, 0) is 24.5 Å². The van der Waals surface area contributed by atoms with Crippen molar-refractivity contribution < 1.29 is 9.13 Å². The van der Waals surface area contributed by atoms with Crippen LogP contribution in [0, 0.1) is 5.82 Å². The maximum Gasteiger partial charge on any atom is 0.146 e. The summed E-state index contributed by atoms with van der Waals surface area (Å²) in [5.74, 6) is -0.134. The lowest BCUT2D eigenvalue weighted by Crippen LogP contribution is -2.31. The first kappa shape index (κ1) is 12.8. The van der Waals surface area contributed by atoms with Crippen LogP contribution in [0.15, 0.2) is 18.2 Å². The van der Waals surface area contributed by atoms with E-state index in [2.05, 4.69) is 20.8 Å². The third-order valence-electron chi connectivity index (χ3n) is 3.03. The Morgan fingerprint density at radius 3 is 2.82 bits per heavy atom. The van der Waals surface area contributed by atoms with Crippen molar-refractivity contribution >= 4 is 21.6 Å². The number of anilines is 1. The quantitative estimate of drug-likeness (QED) is 0.747. The van der Waals surface area contributed by atoms with Crippen molar-refractivity contribution in [3.63, 3.8) is 0 Å². The highest BCUT2D eigenvalue weighted by atomic mass is 79.9. The van der Waals surface area contributed by atoms with Gasteiger partial charge in [-0.15, -0.1) is 0 Å². The number of benzene rings is 1. The zero-order valence-electron chi connectivity index (χ0n) is 9.96. The molecule has 0 saturated heterocycles. The molecule has 4 heteroatoms. The number of ether oxygens (including phenoxy) is 1. The Labute approximate surface area is 110 Å². The first-order valence-electron chi connectivity index (χ1n) is 5.87. The van der Waals surface area contributed by atoms with Crippen LogP contribution in [0.5, 0.6) is 0 Å². The number of alkyl halides is 1. The molecule has 0 radical (unpaired) electrons. The van der Waals surface area contributed by atoms with E-state index < -0.39 is 0 Å². The zero-order chi connectivity index (χ0) is 12.3. The lowest BCUT2D eigenvalue weighted by atomic mass is 10.1. The van der Waals surface area contributed by atoms with Gasteiger partial charge in [-0.1, -0.05) is 28.1 Å². The Morgan fingerprint density at radius 1 is 1.47 bits per heavy atom. The van der Waals surface area contributed by atoms with Crippen molar-refractivity contribution in [2.45, 2.75) is 24.2 Å². The van der Waals surface area contributed by atoms with Crippen LogP contribution in [0.2, 0.25) is 0 Å². The second-order valence-corrected chi connectivity index (χ2v) is 4.86. The van der Waals surface area contributed by atoms with Gasteiger partial charge in [0.25, 0.3) is 0 Å². The number of halogens is 2. The minimum absolute atomic E-state index is 0.134. The molecule has 0 amide bonds. The molecule has 0 bridgehead atoms. The molecule has 1 aromatic carbocycles. The van der Waals surface area contributed by atoms with Gasteiger partial charge in [-0.3, -0.25) is 0 Å². The minimum atomic E-state index is -0.134. The Bertz CT molecular complexity index is 382. The zero-order valence-corrected chi connectivity index (χ0v) is 11.5. The summed E-state index contributed by atoms with van der Waals surface area (Å²) in [6.45, 7) is 1.38. The normalized spacial score (nSPS) is 15.0. The van der Waals surface area contributed by atoms with Crippen LogP contribution in [-0.2, 0) is 10.1 Å². The number of rotatable bonds is 6. The van der Waals surface area contributed by atoms with Crippen molar-refractivity contribution in [1.29, 1.82) is 0 Å². The molecule has 0 spiro atoms. The van der Waals surface area contributed by atoms with Crippen LogP contribution < -0.4 is 4.90 Å². The largest absolute Gasteiger partial charge is 0.383 e. The fourth-order valence-corrected chi connectivity index (χ4v) is 2.49. The predicted molar refractivity (Wildman–Crippen MR) is 71.3 cm³/mol. The molecule has 94 valence electrons. The first-order valence-corrected chi connectivity index (χ1v) is 6.99. The Morgan fingerprint density at radius 2 is 2.24 bits per heavy atom. The number of methoxy groups -OCH3 is 1. The van der Waals surface area contributed by atoms with E-state index in [0.717, 1.165) is 30.6 Å². The van der Waals surface area contributed by atoms with Crippen LogP contribution in [0.25, 0.3) is 0 Å². The lowest BCUT2D eigenvalue weighted by Gasteiger charge is -2.27. The van der Waals surface area contributed by atoms with Crippen LogP contribution in [0.4, 0.5) is 10.1 Å². The molecule has 0 N–H and O–H groups in total. The van der Waals surface area contributed by atoms with Gasteiger partial charge in [-0.25, -0.2) is 4.39 Å². The van der Waals surface area contributed by atoms with E-state index in [9.17, 15) is 4.39 Å².